The molecule has 1 saturated carbocycles. The molecule has 0 spiro atoms. The van der Waals surface area contributed by atoms with E-state index in [-0.39, 0.29) is 5.82 Å². The van der Waals surface area contributed by atoms with Gasteiger partial charge >= 0.3 is 0 Å². The number of anilines is 1. The molecule has 1 aliphatic carbocycles. The van der Waals surface area contributed by atoms with Gasteiger partial charge < -0.3 is 4.90 Å². The van der Waals surface area contributed by atoms with Crippen molar-refractivity contribution in [3.8, 4) is 0 Å². The van der Waals surface area contributed by atoms with Crippen molar-refractivity contribution < 1.29 is 4.39 Å². The third-order valence-electron chi connectivity index (χ3n) is 3.85. The Morgan fingerprint density at radius 1 is 1.35 bits per heavy atom. The Kier molecular flexibility index (Phi) is 3.97. The lowest BCUT2D eigenvalue weighted by molar-refractivity contribution is 0.176. The van der Waals surface area contributed by atoms with Crippen molar-refractivity contribution >= 4 is 18.3 Å². The monoisotopic (exact) mass is 253 g/mol. The number of hydrogen-bond acceptors (Lipinski definition) is 2. The van der Waals surface area contributed by atoms with E-state index in [0.29, 0.717) is 5.41 Å². The van der Waals surface area contributed by atoms with Crippen LogP contribution in [0.2, 0.25) is 0 Å². The highest BCUT2D eigenvalue weighted by atomic mass is 32.1. The molecule has 1 aliphatic rings. The van der Waals surface area contributed by atoms with Crippen LogP contribution in [0.4, 0.5) is 10.1 Å². The zero-order valence-corrected chi connectivity index (χ0v) is 11.2. The third-order valence-corrected chi connectivity index (χ3v) is 4.52. The fourth-order valence-corrected chi connectivity index (χ4v) is 2.94. The van der Waals surface area contributed by atoms with E-state index in [1.807, 2.05) is 12.1 Å². The number of hydrogen-bond donors (Lipinski definition) is 1. The predicted molar refractivity (Wildman–Crippen MR) is 74.4 cm³/mol. The van der Waals surface area contributed by atoms with Gasteiger partial charge in [0.05, 0.1) is 5.69 Å². The number of thiol groups is 1. The quantitative estimate of drug-likeness (QED) is 0.782. The zero-order chi connectivity index (χ0) is 12.3. The van der Waals surface area contributed by atoms with Gasteiger partial charge in [-0.2, -0.15) is 12.6 Å². The lowest BCUT2D eigenvalue weighted by Gasteiger charge is -2.44. The van der Waals surface area contributed by atoms with Crippen LogP contribution in [0, 0.1) is 11.2 Å². The van der Waals surface area contributed by atoms with Crippen LogP contribution in [0.25, 0.3) is 0 Å². The number of nitrogens with zero attached hydrogens (tertiary/aromatic N) is 1. The van der Waals surface area contributed by atoms with Gasteiger partial charge in [-0.1, -0.05) is 18.6 Å². The van der Waals surface area contributed by atoms with E-state index in [1.165, 1.54) is 25.3 Å². The molecule has 1 fully saturated rings. The number of halogens is 1. The van der Waals surface area contributed by atoms with E-state index in [0.717, 1.165) is 24.5 Å². The molecule has 0 atom stereocenters. The zero-order valence-electron chi connectivity index (χ0n) is 10.3. The van der Waals surface area contributed by atoms with Crippen molar-refractivity contribution in [2.75, 3.05) is 23.7 Å². The summed E-state index contributed by atoms with van der Waals surface area (Å²) in [5.41, 5.74) is 1.03. The summed E-state index contributed by atoms with van der Waals surface area (Å²) in [6.07, 6.45) is 3.73. The first kappa shape index (κ1) is 12.7. The smallest absolute Gasteiger partial charge is 0.146 e. The van der Waals surface area contributed by atoms with E-state index in [4.69, 9.17) is 0 Å². The molecular formula is C14H20FNS. The van der Waals surface area contributed by atoms with Gasteiger partial charge in [-0.05, 0) is 43.1 Å². The molecule has 17 heavy (non-hydrogen) atoms. The van der Waals surface area contributed by atoms with Crippen LogP contribution in [0.1, 0.15) is 26.2 Å². The lowest BCUT2D eigenvalue weighted by atomic mass is 9.70. The van der Waals surface area contributed by atoms with Crippen molar-refractivity contribution in [2.45, 2.75) is 26.2 Å². The minimum Gasteiger partial charge on any atom is -0.369 e. The van der Waals surface area contributed by atoms with E-state index in [1.54, 1.807) is 6.07 Å². The molecule has 0 aliphatic heterocycles. The first-order chi connectivity index (χ1) is 8.21. The van der Waals surface area contributed by atoms with Crippen LogP contribution in [0.5, 0.6) is 0 Å². The maximum absolute atomic E-state index is 13.8. The Bertz CT molecular complexity index is 371. The van der Waals surface area contributed by atoms with Gasteiger partial charge in [-0.15, -0.1) is 0 Å². The molecule has 0 saturated heterocycles. The summed E-state index contributed by atoms with van der Waals surface area (Å²) in [4.78, 5) is 2.14. The average Bonchev–Trinajstić information content (AvgIpc) is 2.30. The van der Waals surface area contributed by atoms with Gasteiger partial charge in [-0.3, -0.25) is 0 Å². The van der Waals surface area contributed by atoms with Gasteiger partial charge in [-0.25, -0.2) is 4.39 Å². The van der Waals surface area contributed by atoms with E-state index in [9.17, 15) is 4.39 Å². The van der Waals surface area contributed by atoms with E-state index >= 15 is 0 Å². The second-order valence-electron chi connectivity index (χ2n) is 4.98. The summed E-state index contributed by atoms with van der Waals surface area (Å²) in [5, 5.41) is 0. The maximum atomic E-state index is 13.8. The number of para-hydroxylation sites is 1. The molecule has 0 radical (unpaired) electrons. The minimum absolute atomic E-state index is 0.122. The topological polar surface area (TPSA) is 3.24 Å². The standard InChI is InChI=1S/C14H20FNS/c1-2-16(10-14(11-17)8-5-9-14)13-7-4-3-6-12(13)15/h3-4,6-7,17H,2,5,8-11H2,1H3. The first-order valence-electron chi connectivity index (χ1n) is 6.31. The van der Waals surface area contributed by atoms with E-state index < -0.39 is 0 Å². The second-order valence-corrected chi connectivity index (χ2v) is 5.29. The summed E-state index contributed by atoms with van der Waals surface area (Å²) in [6.45, 7) is 3.85. The minimum atomic E-state index is -0.122. The highest BCUT2D eigenvalue weighted by Gasteiger charge is 2.37. The van der Waals surface area contributed by atoms with Crippen LogP contribution >= 0.6 is 12.6 Å². The first-order valence-corrected chi connectivity index (χ1v) is 6.94. The van der Waals surface area contributed by atoms with Crippen LogP contribution in [0.15, 0.2) is 24.3 Å². The summed E-state index contributed by atoms with van der Waals surface area (Å²) in [7, 11) is 0. The molecule has 0 unspecified atom stereocenters. The summed E-state index contributed by atoms with van der Waals surface area (Å²) in [6, 6.07) is 7.04. The molecule has 2 rings (SSSR count). The summed E-state index contributed by atoms with van der Waals surface area (Å²) in [5.74, 6) is 0.779. The highest BCUT2D eigenvalue weighted by molar-refractivity contribution is 7.80. The van der Waals surface area contributed by atoms with Crippen LogP contribution < -0.4 is 4.90 Å². The van der Waals surface area contributed by atoms with Gasteiger partial charge in [0.2, 0.25) is 0 Å². The van der Waals surface area contributed by atoms with Crippen LogP contribution in [-0.4, -0.2) is 18.8 Å². The van der Waals surface area contributed by atoms with Gasteiger partial charge in [0.1, 0.15) is 5.82 Å². The SMILES string of the molecule is CCN(CC1(CS)CCC1)c1ccccc1F. The molecule has 1 aromatic rings. The van der Waals surface area contributed by atoms with Crippen molar-refractivity contribution in [3.63, 3.8) is 0 Å². The number of benzene rings is 1. The molecule has 94 valence electrons. The molecular weight excluding hydrogens is 233 g/mol. The molecule has 0 amide bonds. The van der Waals surface area contributed by atoms with Gasteiger partial charge in [0.15, 0.2) is 0 Å². The van der Waals surface area contributed by atoms with Crippen molar-refractivity contribution in [2.24, 2.45) is 5.41 Å². The predicted octanol–water partition coefficient (Wildman–Crippen LogP) is 3.75. The van der Waals surface area contributed by atoms with Crippen LogP contribution in [0.3, 0.4) is 0 Å². The molecule has 0 aromatic heterocycles. The number of rotatable bonds is 5. The Hall–Kier alpha value is -0.700. The Balaban J connectivity index is 2.14. The van der Waals surface area contributed by atoms with Crippen molar-refractivity contribution in [1.82, 2.24) is 0 Å². The Morgan fingerprint density at radius 2 is 2.06 bits per heavy atom. The second kappa shape index (κ2) is 5.30. The Morgan fingerprint density at radius 3 is 2.53 bits per heavy atom. The van der Waals surface area contributed by atoms with Gasteiger partial charge in [0, 0.05) is 13.1 Å². The van der Waals surface area contributed by atoms with E-state index in [2.05, 4.69) is 24.5 Å². The molecule has 1 nitrogen and oxygen atoms in total. The highest BCUT2D eigenvalue weighted by Crippen LogP contribution is 2.43. The normalized spacial score (nSPS) is 17.6. The molecule has 0 bridgehead atoms. The fourth-order valence-electron chi connectivity index (χ4n) is 2.52. The molecule has 1 aromatic carbocycles. The average molecular weight is 253 g/mol. The van der Waals surface area contributed by atoms with Crippen molar-refractivity contribution in [3.05, 3.63) is 30.1 Å². The largest absolute Gasteiger partial charge is 0.369 e. The molecule has 0 heterocycles. The summed E-state index contributed by atoms with van der Waals surface area (Å²) < 4.78 is 13.8. The lowest BCUT2D eigenvalue weighted by Crippen LogP contribution is -2.44. The fraction of sp³-hybridized carbons (Fsp3) is 0.571. The Labute approximate surface area is 108 Å². The van der Waals surface area contributed by atoms with Crippen molar-refractivity contribution in [1.29, 1.82) is 0 Å². The van der Waals surface area contributed by atoms with Gasteiger partial charge in [0.25, 0.3) is 0 Å². The third kappa shape index (κ3) is 2.59. The summed E-state index contributed by atoms with van der Waals surface area (Å²) >= 11 is 4.46. The van der Waals surface area contributed by atoms with Crippen LogP contribution in [-0.2, 0) is 0 Å². The molecule has 0 N–H and O–H groups in total. The maximum Gasteiger partial charge on any atom is 0.146 e. The molecule has 3 heteroatoms.